The second-order valence-corrected chi connectivity index (χ2v) is 4.29. The lowest BCUT2D eigenvalue weighted by Gasteiger charge is -2.09. The van der Waals surface area contributed by atoms with Crippen LogP contribution in [0.2, 0.25) is 0 Å². The number of nitrogens with two attached hydrogens (primary N) is 1. The topological polar surface area (TPSA) is 105 Å². The number of rotatable bonds is 3. The van der Waals surface area contributed by atoms with Crippen LogP contribution in [-0.4, -0.2) is 22.0 Å². The van der Waals surface area contributed by atoms with Gasteiger partial charge in [0.05, 0.1) is 23.1 Å². The summed E-state index contributed by atoms with van der Waals surface area (Å²) in [7, 11) is 0. The molecule has 0 atom stereocenters. The van der Waals surface area contributed by atoms with E-state index in [0.717, 1.165) is 5.56 Å². The second kappa shape index (κ2) is 5.40. The van der Waals surface area contributed by atoms with Crippen LogP contribution >= 0.6 is 0 Å². The molecule has 0 saturated carbocycles. The molecule has 0 aliphatic heterocycles. The molecule has 0 radical (unpaired) electrons. The third-order valence-corrected chi connectivity index (χ3v) is 2.67. The summed E-state index contributed by atoms with van der Waals surface area (Å²) in [6, 6.07) is 7.79. The molecule has 1 aromatic heterocycles. The number of nitrogen functional groups attached to an aromatic ring is 1. The highest BCUT2D eigenvalue weighted by Crippen LogP contribution is 2.18. The van der Waals surface area contributed by atoms with Gasteiger partial charge in [0.1, 0.15) is 5.69 Å². The fourth-order valence-corrected chi connectivity index (χ4v) is 1.67. The molecule has 1 heterocycles. The molecule has 102 valence electrons. The van der Waals surface area contributed by atoms with Gasteiger partial charge < -0.3 is 16.2 Å². The van der Waals surface area contributed by atoms with Crippen molar-refractivity contribution in [1.82, 2.24) is 4.98 Å². The van der Waals surface area contributed by atoms with Gasteiger partial charge in [0, 0.05) is 0 Å². The molecule has 2 aromatic rings. The zero-order chi connectivity index (χ0) is 14.7. The summed E-state index contributed by atoms with van der Waals surface area (Å²) < 4.78 is 0. The number of aromatic nitrogens is 1. The van der Waals surface area contributed by atoms with E-state index in [4.69, 9.17) is 10.8 Å². The summed E-state index contributed by atoms with van der Waals surface area (Å²) in [6.45, 7) is 1.78. The number of aromatic carboxylic acids is 1. The minimum absolute atomic E-state index is 0.0359. The Labute approximate surface area is 115 Å². The summed E-state index contributed by atoms with van der Waals surface area (Å²) >= 11 is 0. The number of aryl methyl sites for hydroxylation is 1. The van der Waals surface area contributed by atoms with Gasteiger partial charge in [-0.15, -0.1) is 0 Å². The normalized spacial score (nSPS) is 10.1. The molecule has 0 aliphatic carbocycles. The quantitative estimate of drug-likeness (QED) is 0.791. The zero-order valence-corrected chi connectivity index (χ0v) is 10.8. The van der Waals surface area contributed by atoms with Crippen LogP contribution in [0.15, 0.2) is 36.5 Å². The van der Waals surface area contributed by atoms with Crippen molar-refractivity contribution in [2.75, 3.05) is 11.1 Å². The summed E-state index contributed by atoms with van der Waals surface area (Å²) in [4.78, 5) is 27.0. The zero-order valence-electron chi connectivity index (χ0n) is 10.8. The maximum Gasteiger partial charge on any atom is 0.337 e. The molecule has 0 aliphatic rings. The molecular formula is C14H13N3O3. The minimum atomic E-state index is -1.10. The van der Waals surface area contributed by atoms with E-state index in [1.807, 2.05) is 0 Å². The Hall–Kier alpha value is -2.89. The molecule has 6 nitrogen and oxygen atoms in total. The molecule has 0 fully saturated rings. The van der Waals surface area contributed by atoms with E-state index in [2.05, 4.69) is 10.3 Å². The first-order valence-corrected chi connectivity index (χ1v) is 5.84. The van der Waals surface area contributed by atoms with Crippen LogP contribution < -0.4 is 11.1 Å². The van der Waals surface area contributed by atoms with Gasteiger partial charge in [0.15, 0.2) is 0 Å². The SMILES string of the molecule is Cc1ccc(NC(=O)c2ccc(N)cn2)c(C(=O)O)c1. The molecule has 1 amide bonds. The van der Waals surface area contributed by atoms with Gasteiger partial charge in [-0.25, -0.2) is 9.78 Å². The lowest BCUT2D eigenvalue weighted by atomic mass is 10.1. The van der Waals surface area contributed by atoms with Crippen molar-refractivity contribution in [1.29, 1.82) is 0 Å². The number of anilines is 2. The van der Waals surface area contributed by atoms with Gasteiger partial charge in [-0.05, 0) is 31.2 Å². The maximum atomic E-state index is 12.0. The number of carbonyl (C=O) groups is 2. The predicted molar refractivity (Wildman–Crippen MR) is 74.7 cm³/mol. The van der Waals surface area contributed by atoms with Gasteiger partial charge in [-0.1, -0.05) is 11.6 Å². The number of nitrogens with zero attached hydrogens (tertiary/aromatic N) is 1. The summed E-state index contributed by atoms with van der Waals surface area (Å²) in [5, 5.41) is 11.7. The third kappa shape index (κ3) is 2.92. The van der Waals surface area contributed by atoms with Crippen molar-refractivity contribution in [3.05, 3.63) is 53.3 Å². The minimum Gasteiger partial charge on any atom is -0.478 e. The molecule has 0 bridgehead atoms. The molecule has 4 N–H and O–H groups in total. The predicted octanol–water partition coefficient (Wildman–Crippen LogP) is 1.92. The second-order valence-electron chi connectivity index (χ2n) is 4.29. The van der Waals surface area contributed by atoms with Crippen LogP contribution in [-0.2, 0) is 0 Å². The van der Waals surface area contributed by atoms with Gasteiger partial charge in [-0.3, -0.25) is 4.79 Å². The Balaban J connectivity index is 2.28. The molecule has 0 saturated heterocycles. The van der Waals surface area contributed by atoms with Gasteiger partial charge >= 0.3 is 5.97 Å². The number of pyridine rings is 1. The monoisotopic (exact) mass is 271 g/mol. The number of hydrogen-bond acceptors (Lipinski definition) is 4. The van der Waals surface area contributed by atoms with Crippen molar-refractivity contribution in [3.8, 4) is 0 Å². The average Bonchev–Trinajstić information content (AvgIpc) is 2.41. The third-order valence-electron chi connectivity index (χ3n) is 2.67. The van der Waals surface area contributed by atoms with E-state index in [-0.39, 0.29) is 16.9 Å². The Morgan fingerprint density at radius 2 is 2.00 bits per heavy atom. The number of nitrogens with one attached hydrogen (secondary N) is 1. The van der Waals surface area contributed by atoms with Crippen molar-refractivity contribution >= 4 is 23.3 Å². The summed E-state index contributed by atoms with van der Waals surface area (Å²) in [6.07, 6.45) is 1.36. The van der Waals surface area contributed by atoms with Gasteiger partial charge in [0.25, 0.3) is 5.91 Å². The van der Waals surface area contributed by atoms with E-state index >= 15 is 0 Å². The molecule has 0 unspecified atom stereocenters. The number of hydrogen-bond donors (Lipinski definition) is 3. The molecular weight excluding hydrogens is 258 g/mol. The van der Waals surface area contributed by atoms with Crippen molar-refractivity contribution in [2.24, 2.45) is 0 Å². The standard InChI is InChI=1S/C14H13N3O3/c1-8-2-4-11(10(6-8)14(19)20)17-13(18)12-5-3-9(15)7-16-12/h2-7H,15H2,1H3,(H,17,18)(H,19,20). The fraction of sp³-hybridized carbons (Fsp3) is 0.0714. The Morgan fingerprint density at radius 3 is 2.60 bits per heavy atom. The Morgan fingerprint density at radius 1 is 1.25 bits per heavy atom. The van der Waals surface area contributed by atoms with E-state index in [9.17, 15) is 9.59 Å². The molecule has 0 spiro atoms. The van der Waals surface area contributed by atoms with Crippen molar-refractivity contribution < 1.29 is 14.7 Å². The summed E-state index contributed by atoms with van der Waals surface area (Å²) in [5.74, 6) is -1.59. The molecule has 2 rings (SSSR count). The highest BCUT2D eigenvalue weighted by Gasteiger charge is 2.14. The molecule has 6 heteroatoms. The number of benzene rings is 1. The van der Waals surface area contributed by atoms with E-state index in [0.29, 0.717) is 5.69 Å². The van der Waals surface area contributed by atoms with Gasteiger partial charge in [-0.2, -0.15) is 0 Å². The van der Waals surface area contributed by atoms with Gasteiger partial charge in [0.2, 0.25) is 0 Å². The van der Waals surface area contributed by atoms with Crippen LogP contribution in [0.5, 0.6) is 0 Å². The van der Waals surface area contributed by atoms with E-state index in [1.165, 1.54) is 18.3 Å². The Bertz CT molecular complexity index is 666. The first kappa shape index (κ1) is 13.5. The number of carboxylic acid groups (broad SMARTS) is 1. The molecule has 1 aromatic carbocycles. The highest BCUT2D eigenvalue weighted by molar-refractivity contribution is 6.06. The van der Waals surface area contributed by atoms with E-state index in [1.54, 1.807) is 25.1 Å². The van der Waals surface area contributed by atoms with Crippen molar-refractivity contribution in [3.63, 3.8) is 0 Å². The van der Waals surface area contributed by atoms with Crippen molar-refractivity contribution in [2.45, 2.75) is 6.92 Å². The lowest BCUT2D eigenvalue weighted by molar-refractivity contribution is 0.0698. The smallest absolute Gasteiger partial charge is 0.337 e. The first-order valence-electron chi connectivity index (χ1n) is 5.84. The van der Waals surface area contributed by atoms with Crippen LogP contribution in [0.1, 0.15) is 26.4 Å². The number of carboxylic acids is 1. The van der Waals surface area contributed by atoms with E-state index < -0.39 is 11.9 Å². The van der Waals surface area contributed by atoms with Crippen LogP contribution in [0, 0.1) is 6.92 Å². The number of amides is 1. The summed E-state index contributed by atoms with van der Waals surface area (Å²) in [5.41, 5.74) is 7.16. The lowest BCUT2D eigenvalue weighted by Crippen LogP contribution is -2.16. The largest absolute Gasteiger partial charge is 0.478 e. The number of carbonyl (C=O) groups excluding carboxylic acids is 1. The average molecular weight is 271 g/mol. The maximum absolute atomic E-state index is 12.0. The highest BCUT2D eigenvalue weighted by atomic mass is 16.4. The first-order chi connectivity index (χ1) is 9.47. The Kier molecular flexibility index (Phi) is 3.65. The molecule has 20 heavy (non-hydrogen) atoms. The van der Waals surface area contributed by atoms with Crippen LogP contribution in [0.4, 0.5) is 11.4 Å². The van der Waals surface area contributed by atoms with Crippen LogP contribution in [0.25, 0.3) is 0 Å². The fourth-order valence-electron chi connectivity index (χ4n) is 1.67. The van der Waals surface area contributed by atoms with Crippen LogP contribution in [0.3, 0.4) is 0 Å².